The van der Waals surface area contributed by atoms with Gasteiger partial charge in [0.15, 0.2) is 0 Å². The lowest BCUT2D eigenvalue weighted by Gasteiger charge is -2.29. The van der Waals surface area contributed by atoms with Crippen LogP contribution in [0.2, 0.25) is 0 Å². The van der Waals surface area contributed by atoms with Crippen LogP contribution in [0.15, 0.2) is 60.7 Å². The molecule has 0 spiro atoms. The largest absolute Gasteiger partial charge is 0.478 e. The first-order valence-electron chi connectivity index (χ1n) is 6.54. The summed E-state index contributed by atoms with van der Waals surface area (Å²) in [5.41, 5.74) is 0. The van der Waals surface area contributed by atoms with Crippen LogP contribution in [0.1, 0.15) is 0 Å². The SMILES string of the molecule is O=C(O)C(Oc1ccccc1)C(Cl)(Oc1ccccc1)C(=O)O. The van der Waals surface area contributed by atoms with E-state index in [1.54, 1.807) is 36.4 Å². The fraction of sp³-hybridized carbons (Fsp3) is 0.125. The van der Waals surface area contributed by atoms with Crippen molar-refractivity contribution >= 4 is 23.5 Å². The molecule has 2 rings (SSSR count). The maximum atomic E-state index is 11.6. The van der Waals surface area contributed by atoms with E-state index < -0.39 is 23.1 Å². The molecule has 6 nitrogen and oxygen atoms in total. The summed E-state index contributed by atoms with van der Waals surface area (Å²) in [6, 6.07) is 15.7. The summed E-state index contributed by atoms with van der Waals surface area (Å²) in [7, 11) is 0. The monoisotopic (exact) mass is 336 g/mol. The Morgan fingerprint density at radius 2 is 1.39 bits per heavy atom. The minimum Gasteiger partial charge on any atom is -0.478 e. The molecule has 2 unspecified atom stereocenters. The van der Waals surface area contributed by atoms with E-state index in [9.17, 15) is 19.8 Å². The lowest BCUT2D eigenvalue weighted by molar-refractivity contribution is -0.166. The highest BCUT2D eigenvalue weighted by atomic mass is 35.5. The van der Waals surface area contributed by atoms with Crippen LogP contribution in [-0.2, 0) is 9.59 Å². The van der Waals surface area contributed by atoms with Gasteiger partial charge in [0.2, 0.25) is 0 Å². The lowest BCUT2D eigenvalue weighted by atomic mass is 10.2. The average molecular weight is 337 g/mol. The molecule has 0 radical (unpaired) electrons. The van der Waals surface area contributed by atoms with Gasteiger partial charge in [0.25, 0.3) is 6.10 Å². The third kappa shape index (κ3) is 3.92. The van der Waals surface area contributed by atoms with Gasteiger partial charge in [0.1, 0.15) is 11.5 Å². The summed E-state index contributed by atoms with van der Waals surface area (Å²) in [5.74, 6) is -2.98. The van der Waals surface area contributed by atoms with E-state index in [1.165, 1.54) is 24.3 Å². The highest BCUT2D eigenvalue weighted by Crippen LogP contribution is 2.29. The lowest BCUT2D eigenvalue weighted by Crippen LogP contribution is -2.56. The molecule has 0 saturated carbocycles. The average Bonchev–Trinajstić information content (AvgIpc) is 2.54. The molecule has 0 amide bonds. The van der Waals surface area contributed by atoms with Crippen LogP contribution < -0.4 is 9.47 Å². The van der Waals surface area contributed by atoms with E-state index in [1.807, 2.05) is 0 Å². The maximum absolute atomic E-state index is 11.6. The number of carbonyl (C=O) groups is 2. The summed E-state index contributed by atoms with van der Waals surface area (Å²) in [5, 5.41) is 16.1. The third-order valence-corrected chi connectivity index (χ3v) is 3.30. The molecule has 0 aliphatic carbocycles. The molecule has 23 heavy (non-hydrogen) atoms. The molecule has 0 bridgehead atoms. The molecular weight excluding hydrogens is 324 g/mol. The summed E-state index contributed by atoms with van der Waals surface area (Å²) in [4.78, 5) is 23.1. The zero-order chi connectivity index (χ0) is 16.9. The van der Waals surface area contributed by atoms with Crippen LogP contribution in [-0.4, -0.2) is 33.3 Å². The van der Waals surface area contributed by atoms with Gasteiger partial charge in [-0.3, -0.25) is 0 Å². The van der Waals surface area contributed by atoms with E-state index in [0.717, 1.165) is 0 Å². The van der Waals surface area contributed by atoms with Crippen LogP contribution >= 0.6 is 11.6 Å². The number of benzene rings is 2. The number of hydrogen-bond acceptors (Lipinski definition) is 4. The Balaban J connectivity index is 2.34. The van der Waals surface area contributed by atoms with Gasteiger partial charge in [0.05, 0.1) is 0 Å². The highest BCUT2D eigenvalue weighted by molar-refractivity contribution is 6.34. The minimum absolute atomic E-state index is 0.104. The molecular formula is C16H13ClO6. The molecule has 0 heterocycles. The van der Waals surface area contributed by atoms with Crippen LogP contribution in [0.3, 0.4) is 0 Å². The van der Waals surface area contributed by atoms with Crippen molar-refractivity contribution in [2.75, 3.05) is 0 Å². The van der Waals surface area contributed by atoms with Gasteiger partial charge in [-0.05, 0) is 24.3 Å². The first-order valence-corrected chi connectivity index (χ1v) is 6.92. The second kappa shape index (κ2) is 7.02. The van der Waals surface area contributed by atoms with E-state index >= 15 is 0 Å². The smallest absolute Gasteiger partial charge is 0.369 e. The molecule has 7 heteroatoms. The Kier molecular flexibility index (Phi) is 5.08. The van der Waals surface area contributed by atoms with Crippen LogP contribution in [0.5, 0.6) is 11.5 Å². The Hall–Kier alpha value is -2.73. The molecule has 2 aromatic carbocycles. The van der Waals surface area contributed by atoms with Gasteiger partial charge in [-0.1, -0.05) is 48.0 Å². The minimum atomic E-state index is -2.64. The predicted octanol–water partition coefficient (Wildman–Crippen LogP) is 2.62. The molecule has 0 saturated heterocycles. The van der Waals surface area contributed by atoms with Crippen molar-refractivity contribution in [3.8, 4) is 11.5 Å². The molecule has 120 valence electrons. The van der Waals surface area contributed by atoms with Crippen molar-refractivity contribution in [3.05, 3.63) is 60.7 Å². The second-order valence-corrected chi connectivity index (χ2v) is 5.08. The number of carboxylic acid groups (broad SMARTS) is 2. The topological polar surface area (TPSA) is 93.1 Å². The molecule has 2 N–H and O–H groups in total. The quantitative estimate of drug-likeness (QED) is 0.755. The van der Waals surface area contributed by atoms with Crippen molar-refractivity contribution in [3.63, 3.8) is 0 Å². The number of hydrogen-bond donors (Lipinski definition) is 2. The molecule has 0 fully saturated rings. The Morgan fingerprint density at radius 3 is 1.83 bits per heavy atom. The zero-order valence-electron chi connectivity index (χ0n) is 11.8. The summed E-state index contributed by atoms with van der Waals surface area (Å²) in [6.07, 6.45) is -1.97. The van der Waals surface area contributed by atoms with Gasteiger partial charge in [0, 0.05) is 0 Å². The van der Waals surface area contributed by atoms with Crippen LogP contribution in [0, 0.1) is 0 Å². The molecule has 0 aliphatic heterocycles. The number of aliphatic carboxylic acids is 2. The summed E-state index contributed by atoms with van der Waals surface area (Å²) < 4.78 is 10.5. The maximum Gasteiger partial charge on any atom is 0.369 e. The zero-order valence-corrected chi connectivity index (χ0v) is 12.5. The first kappa shape index (κ1) is 16.6. The van der Waals surface area contributed by atoms with E-state index in [0.29, 0.717) is 0 Å². The number of rotatable bonds is 7. The number of para-hydroxylation sites is 2. The van der Waals surface area contributed by atoms with Crippen molar-refractivity contribution in [1.29, 1.82) is 0 Å². The number of ether oxygens (including phenoxy) is 2. The van der Waals surface area contributed by atoms with Crippen molar-refractivity contribution in [2.45, 2.75) is 11.2 Å². The Labute approximate surface area is 136 Å². The highest BCUT2D eigenvalue weighted by Gasteiger charge is 2.53. The second-order valence-electron chi connectivity index (χ2n) is 4.51. The first-order chi connectivity index (χ1) is 10.9. The Morgan fingerprint density at radius 1 is 0.913 bits per heavy atom. The van der Waals surface area contributed by atoms with Crippen molar-refractivity contribution in [1.82, 2.24) is 0 Å². The predicted molar refractivity (Wildman–Crippen MR) is 81.8 cm³/mol. The number of carboxylic acids is 2. The van der Waals surface area contributed by atoms with Crippen LogP contribution in [0.4, 0.5) is 0 Å². The summed E-state index contributed by atoms with van der Waals surface area (Å²) >= 11 is 5.99. The molecule has 2 atom stereocenters. The molecule has 2 aromatic rings. The number of halogens is 1. The van der Waals surface area contributed by atoms with E-state index in [-0.39, 0.29) is 11.5 Å². The van der Waals surface area contributed by atoms with Gasteiger partial charge in [-0.2, -0.15) is 0 Å². The van der Waals surface area contributed by atoms with E-state index in [2.05, 4.69) is 0 Å². The van der Waals surface area contributed by atoms with Crippen molar-refractivity contribution < 1.29 is 29.3 Å². The van der Waals surface area contributed by atoms with Gasteiger partial charge >= 0.3 is 17.0 Å². The third-order valence-electron chi connectivity index (χ3n) is 2.86. The van der Waals surface area contributed by atoms with Gasteiger partial charge in [-0.25, -0.2) is 9.59 Å². The summed E-state index contributed by atoms with van der Waals surface area (Å²) in [6.45, 7) is 0. The number of alkyl halides is 1. The Bertz CT molecular complexity index is 675. The van der Waals surface area contributed by atoms with Crippen LogP contribution in [0.25, 0.3) is 0 Å². The van der Waals surface area contributed by atoms with E-state index in [4.69, 9.17) is 21.1 Å². The fourth-order valence-corrected chi connectivity index (χ4v) is 2.02. The molecule has 0 aliphatic rings. The van der Waals surface area contributed by atoms with Gasteiger partial charge in [-0.15, -0.1) is 0 Å². The molecule has 0 aromatic heterocycles. The normalized spacial score (nSPS) is 14.3. The van der Waals surface area contributed by atoms with Gasteiger partial charge < -0.3 is 19.7 Å². The standard InChI is InChI=1S/C16H13ClO6/c17-16(15(20)21,23-12-9-5-2-6-10-12)13(14(18)19)22-11-7-3-1-4-8-11/h1-10,13H,(H,18,19)(H,20,21). The fourth-order valence-electron chi connectivity index (χ4n) is 1.79. The van der Waals surface area contributed by atoms with Crippen molar-refractivity contribution in [2.24, 2.45) is 0 Å².